The largest absolute Gasteiger partial charge is 0.481 e. The highest BCUT2D eigenvalue weighted by atomic mass is 16.4. The number of hydrogen-bond acceptors (Lipinski definition) is 2. The monoisotopic (exact) mass is 230 g/mol. The van der Waals surface area contributed by atoms with Crippen LogP contribution in [0.25, 0.3) is 0 Å². The number of carbonyl (C=O) groups is 1. The van der Waals surface area contributed by atoms with Crippen LogP contribution in [0.3, 0.4) is 0 Å². The van der Waals surface area contributed by atoms with Crippen LogP contribution >= 0.6 is 0 Å². The van der Waals surface area contributed by atoms with Gasteiger partial charge in [-0.25, -0.2) is 0 Å². The van der Waals surface area contributed by atoms with Crippen molar-refractivity contribution in [3.05, 3.63) is 53.9 Å². The average Bonchev–Trinajstić information content (AvgIpc) is 2.73. The first kappa shape index (κ1) is 11.4. The number of rotatable bonds is 4. The molecule has 1 unspecified atom stereocenters. The quantitative estimate of drug-likeness (QED) is 0.874. The van der Waals surface area contributed by atoms with Crippen LogP contribution in [0.4, 0.5) is 0 Å². The first-order valence-corrected chi connectivity index (χ1v) is 5.43. The van der Waals surface area contributed by atoms with Crippen molar-refractivity contribution < 1.29 is 9.90 Å². The van der Waals surface area contributed by atoms with Crippen LogP contribution in [-0.2, 0) is 11.3 Å². The van der Waals surface area contributed by atoms with Crippen LogP contribution in [0.15, 0.2) is 42.7 Å². The molecule has 0 aliphatic heterocycles. The number of carboxylic acid groups (broad SMARTS) is 1. The number of benzene rings is 1. The zero-order chi connectivity index (χ0) is 12.3. The highest BCUT2D eigenvalue weighted by Gasteiger charge is 2.20. The number of aromatic nitrogens is 2. The molecule has 0 fully saturated rings. The Balaban J connectivity index is 2.22. The number of aryl methyl sites for hydroxylation is 1. The molecule has 2 aromatic rings. The van der Waals surface area contributed by atoms with Gasteiger partial charge in [0, 0.05) is 6.20 Å². The van der Waals surface area contributed by atoms with E-state index < -0.39 is 11.9 Å². The second-order valence-electron chi connectivity index (χ2n) is 4.04. The SMILES string of the molecule is Cc1cnn(CC(C(=O)O)c2ccccc2)c1. The highest BCUT2D eigenvalue weighted by molar-refractivity contribution is 5.75. The van der Waals surface area contributed by atoms with Crippen molar-refractivity contribution in [1.82, 2.24) is 9.78 Å². The fourth-order valence-electron chi connectivity index (χ4n) is 1.77. The molecule has 2 rings (SSSR count). The van der Waals surface area contributed by atoms with Gasteiger partial charge in [0.05, 0.1) is 12.7 Å². The summed E-state index contributed by atoms with van der Waals surface area (Å²) < 4.78 is 1.67. The minimum absolute atomic E-state index is 0.354. The predicted molar refractivity (Wildman–Crippen MR) is 63.8 cm³/mol. The summed E-state index contributed by atoms with van der Waals surface area (Å²) in [5.41, 5.74) is 1.83. The standard InChI is InChI=1S/C13H14N2O2/c1-10-7-14-15(8-10)9-12(13(16)17)11-5-3-2-4-6-11/h2-8,12H,9H2,1H3,(H,16,17). The fourth-order valence-corrected chi connectivity index (χ4v) is 1.77. The van der Waals surface area contributed by atoms with E-state index in [9.17, 15) is 9.90 Å². The Morgan fingerprint density at radius 3 is 2.65 bits per heavy atom. The van der Waals surface area contributed by atoms with Crippen LogP contribution in [-0.4, -0.2) is 20.9 Å². The topological polar surface area (TPSA) is 55.1 Å². The Morgan fingerprint density at radius 2 is 2.12 bits per heavy atom. The van der Waals surface area contributed by atoms with Crippen molar-refractivity contribution in [2.24, 2.45) is 0 Å². The summed E-state index contributed by atoms with van der Waals surface area (Å²) in [6.07, 6.45) is 3.57. The van der Waals surface area contributed by atoms with Gasteiger partial charge in [0.15, 0.2) is 0 Å². The lowest BCUT2D eigenvalue weighted by Gasteiger charge is -2.12. The van der Waals surface area contributed by atoms with Crippen molar-refractivity contribution in [2.75, 3.05) is 0 Å². The molecular weight excluding hydrogens is 216 g/mol. The van der Waals surface area contributed by atoms with E-state index in [-0.39, 0.29) is 0 Å². The third kappa shape index (κ3) is 2.72. The van der Waals surface area contributed by atoms with E-state index in [4.69, 9.17) is 0 Å². The highest BCUT2D eigenvalue weighted by Crippen LogP contribution is 2.18. The van der Waals surface area contributed by atoms with Crippen molar-refractivity contribution in [1.29, 1.82) is 0 Å². The minimum Gasteiger partial charge on any atom is -0.481 e. The predicted octanol–water partition coefficient (Wildman–Crippen LogP) is 2.06. The molecule has 88 valence electrons. The molecule has 0 amide bonds. The molecule has 0 radical (unpaired) electrons. The lowest BCUT2D eigenvalue weighted by molar-refractivity contribution is -0.139. The van der Waals surface area contributed by atoms with Gasteiger partial charge >= 0.3 is 5.97 Å². The molecule has 1 aromatic heterocycles. The normalized spacial score (nSPS) is 12.3. The van der Waals surface area contributed by atoms with Crippen molar-refractivity contribution in [2.45, 2.75) is 19.4 Å². The Morgan fingerprint density at radius 1 is 1.41 bits per heavy atom. The first-order chi connectivity index (χ1) is 8.16. The molecule has 4 heteroatoms. The summed E-state index contributed by atoms with van der Waals surface area (Å²) >= 11 is 0. The van der Waals surface area contributed by atoms with E-state index in [0.717, 1.165) is 11.1 Å². The maximum absolute atomic E-state index is 11.3. The van der Waals surface area contributed by atoms with E-state index in [0.29, 0.717) is 6.54 Å². The van der Waals surface area contributed by atoms with Crippen LogP contribution in [0.5, 0.6) is 0 Å². The summed E-state index contributed by atoms with van der Waals surface area (Å²) in [5, 5.41) is 13.4. The summed E-state index contributed by atoms with van der Waals surface area (Å²) in [4.78, 5) is 11.3. The van der Waals surface area contributed by atoms with Gasteiger partial charge in [-0.1, -0.05) is 30.3 Å². The van der Waals surface area contributed by atoms with E-state index in [2.05, 4.69) is 5.10 Å². The first-order valence-electron chi connectivity index (χ1n) is 5.43. The summed E-state index contributed by atoms with van der Waals surface area (Å²) in [6.45, 7) is 2.29. The lowest BCUT2D eigenvalue weighted by atomic mass is 9.99. The molecule has 1 atom stereocenters. The van der Waals surface area contributed by atoms with Crippen molar-refractivity contribution >= 4 is 5.97 Å². The molecule has 1 heterocycles. The number of hydrogen-bond donors (Lipinski definition) is 1. The second kappa shape index (κ2) is 4.82. The van der Waals surface area contributed by atoms with Gasteiger partial charge in [0.25, 0.3) is 0 Å². The maximum atomic E-state index is 11.3. The van der Waals surface area contributed by atoms with Gasteiger partial charge in [-0.05, 0) is 18.1 Å². The molecule has 0 aliphatic carbocycles. The van der Waals surface area contributed by atoms with E-state index >= 15 is 0 Å². The molecule has 0 bridgehead atoms. The zero-order valence-corrected chi connectivity index (χ0v) is 9.58. The summed E-state index contributed by atoms with van der Waals surface area (Å²) in [7, 11) is 0. The average molecular weight is 230 g/mol. The molecule has 0 aliphatic rings. The van der Waals surface area contributed by atoms with Gasteiger partial charge in [-0.15, -0.1) is 0 Å². The van der Waals surface area contributed by atoms with Crippen LogP contribution in [0.1, 0.15) is 17.0 Å². The molecule has 0 saturated heterocycles. The second-order valence-corrected chi connectivity index (χ2v) is 4.04. The maximum Gasteiger partial charge on any atom is 0.312 e. The number of nitrogens with zero attached hydrogens (tertiary/aromatic N) is 2. The molecule has 1 N–H and O–H groups in total. The molecule has 17 heavy (non-hydrogen) atoms. The Hall–Kier alpha value is -2.10. The lowest BCUT2D eigenvalue weighted by Crippen LogP contribution is -2.18. The molecular formula is C13H14N2O2. The van der Waals surface area contributed by atoms with Crippen LogP contribution in [0.2, 0.25) is 0 Å². The molecule has 0 spiro atoms. The van der Waals surface area contributed by atoms with E-state index in [1.54, 1.807) is 10.9 Å². The molecule has 0 saturated carbocycles. The van der Waals surface area contributed by atoms with Gasteiger partial charge in [-0.2, -0.15) is 5.10 Å². The zero-order valence-electron chi connectivity index (χ0n) is 9.58. The van der Waals surface area contributed by atoms with Crippen LogP contribution in [0, 0.1) is 6.92 Å². The smallest absolute Gasteiger partial charge is 0.312 e. The number of carboxylic acids is 1. The third-order valence-corrected chi connectivity index (χ3v) is 2.63. The Labute approximate surface area is 99.5 Å². The summed E-state index contributed by atoms with van der Waals surface area (Å²) in [6, 6.07) is 9.23. The number of aliphatic carboxylic acids is 1. The Kier molecular flexibility index (Phi) is 3.23. The summed E-state index contributed by atoms with van der Waals surface area (Å²) in [5.74, 6) is -1.39. The van der Waals surface area contributed by atoms with Gasteiger partial charge in [0.1, 0.15) is 5.92 Å². The van der Waals surface area contributed by atoms with Gasteiger partial charge in [-0.3, -0.25) is 9.48 Å². The van der Waals surface area contributed by atoms with Crippen molar-refractivity contribution in [3.8, 4) is 0 Å². The Bertz CT molecular complexity index is 505. The third-order valence-electron chi connectivity index (χ3n) is 2.63. The van der Waals surface area contributed by atoms with Gasteiger partial charge in [0.2, 0.25) is 0 Å². The minimum atomic E-state index is -0.829. The fraction of sp³-hybridized carbons (Fsp3) is 0.231. The van der Waals surface area contributed by atoms with Crippen molar-refractivity contribution in [3.63, 3.8) is 0 Å². The van der Waals surface area contributed by atoms with Crippen LogP contribution < -0.4 is 0 Å². The van der Waals surface area contributed by atoms with E-state index in [1.165, 1.54) is 0 Å². The molecule has 1 aromatic carbocycles. The van der Waals surface area contributed by atoms with E-state index in [1.807, 2.05) is 43.5 Å². The van der Waals surface area contributed by atoms with Gasteiger partial charge < -0.3 is 5.11 Å². The molecule has 4 nitrogen and oxygen atoms in total.